The van der Waals surface area contributed by atoms with Gasteiger partial charge in [0.25, 0.3) is 0 Å². The minimum absolute atomic E-state index is 0.460. The molecule has 0 saturated heterocycles. The highest BCUT2D eigenvalue weighted by Gasteiger charge is 2.42. The van der Waals surface area contributed by atoms with Crippen molar-refractivity contribution in [3.05, 3.63) is 0 Å². The summed E-state index contributed by atoms with van der Waals surface area (Å²) < 4.78 is 0. The topological polar surface area (TPSA) is 23.8 Å². The zero-order valence-electron chi connectivity index (χ0n) is 8.09. The van der Waals surface area contributed by atoms with E-state index in [9.17, 15) is 0 Å². The third-order valence-electron chi connectivity index (χ3n) is 3.34. The monoisotopic (exact) mass is 195 g/mol. The molecule has 0 bridgehead atoms. The van der Waals surface area contributed by atoms with Crippen LogP contribution in [0.15, 0.2) is 0 Å². The van der Waals surface area contributed by atoms with Crippen LogP contribution >= 0.6 is 11.8 Å². The summed E-state index contributed by atoms with van der Waals surface area (Å²) in [5.41, 5.74) is 0.460. The Hall–Kier alpha value is -0.160. The maximum Gasteiger partial charge on any atom is 0.0627 e. The Kier molecular flexibility index (Phi) is 2.83. The molecule has 1 nitrogen and oxygen atoms in total. The van der Waals surface area contributed by atoms with E-state index in [2.05, 4.69) is 17.8 Å². The average molecular weight is 195 g/mol. The van der Waals surface area contributed by atoms with Crippen LogP contribution in [0.2, 0.25) is 0 Å². The lowest BCUT2D eigenvalue weighted by atomic mass is 10.1. The van der Waals surface area contributed by atoms with Crippen LogP contribution < -0.4 is 0 Å². The second-order valence-corrected chi connectivity index (χ2v) is 5.84. The summed E-state index contributed by atoms with van der Waals surface area (Å²) >= 11 is 2.14. The Morgan fingerprint density at radius 2 is 2.00 bits per heavy atom. The van der Waals surface area contributed by atoms with Gasteiger partial charge >= 0.3 is 0 Å². The fourth-order valence-electron chi connectivity index (χ4n) is 2.07. The Morgan fingerprint density at radius 1 is 1.31 bits per heavy atom. The quantitative estimate of drug-likeness (QED) is 0.687. The molecule has 0 aromatic heterocycles. The maximum atomic E-state index is 8.67. The first-order valence-corrected chi connectivity index (χ1v) is 6.38. The lowest BCUT2D eigenvalue weighted by Gasteiger charge is -2.14. The van der Waals surface area contributed by atoms with Gasteiger partial charge < -0.3 is 0 Å². The zero-order valence-corrected chi connectivity index (χ0v) is 8.91. The Labute approximate surface area is 84.9 Å². The largest absolute Gasteiger partial charge is 0.198 e. The standard InChI is InChI=1S/C11H17NS/c12-8-7-11(5-6-11)9-13-10-3-1-2-4-10/h10H,1-7,9H2. The molecule has 2 fully saturated rings. The van der Waals surface area contributed by atoms with E-state index in [0.29, 0.717) is 5.41 Å². The third-order valence-corrected chi connectivity index (χ3v) is 5.06. The van der Waals surface area contributed by atoms with Crippen LogP contribution in [0, 0.1) is 16.7 Å². The summed E-state index contributed by atoms with van der Waals surface area (Å²) in [7, 11) is 0. The molecule has 0 aliphatic heterocycles. The molecular formula is C11H17NS. The molecule has 2 rings (SSSR count). The molecule has 72 valence electrons. The van der Waals surface area contributed by atoms with E-state index >= 15 is 0 Å². The van der Waals surface area contributed by atoms with Gasteiger partial charge in [-0.3, -0.25) is 0 Å². The van der Waals surface area contributed by atoms with Crippen LogP contribution in [-0.2, 0) is 0 Å². The van der Waals surface area contributed by atoms with Crippen LogP contribution in [0.25, 0.3) is 0 Å². The van der Waals surface area contributed by atoms with Crippen LogP contribution in [0.5, 0.6) is 0 Å². The van der Waals surface area contributed by atoms with Crippen molar-refractivity contribution in [1.29, 1.82) is 5.26 Å². The smallest absolute Gasteiger partial charge is 0.0627 e. The summed E-state index contributed by atoms with van der Waals surface area (Å²) in [6, 6.07) is 2.33. The van der Waals surface area contributed by atoms with Gasteiger partial charge in [0.1, 0.15) is 0 Å². The van der Waals surface area contributed by atoms with Gasteiger partial charge in [0, 0.05) is 17.4 Å². The minimum Gasteiger partial charge on any atom is -0.198 e. The van der Waals surface area contributed by atoms with Crippen molar-refractivity contribution in [3.63, 3.8) is 0 Å². The van der Waals surface area contributed by atoms with E-state index < -0.39 is 0 Å². The first-order chi connectivity index (χ1) is 6.35. The van der Waals surface area contributed by atoms with Crippen molar-refractivity contribution >= 4 is 11.8 Å². The number of thioether (sulfide) groups is 1. The molecule has 0 N–H and O–H groups in total. The molecule has 0 aromatic carbocycles. The molecular weight excluding hydrogens is 178 g/mol. The van der Waals surface area contributed by atoms with Gasteiger partial charge in [-0.25, -0.2) is 0 Å². The van der Waals surface area contributed by atoms with Crippen LogP contribution in [-0.4, -0.2) is 11.0 Å². The van der Waals surface area contributed by atoms with E-state index in [-0.39, 0.29) is 0 Å². The molecule has 0 radical (unpaired) electrons. The van der Waals surface area contributed by atoms with Gasteiger partial charge in [-0.2, -0.15) is 17.0 Å². The lowest BCUT2D eigenvalue weighted by Crippen LogP contribution is -2.06. The van der Waals surface area contributed by atoms with Gasteiger partial charge in [0.15, 0.2) is 0 Å². The van der Waals surface area contributed by atoms with Gasteiger partial charge in [-0.05, 0) is 31.1 Å². The zero-order chi connectivity index (χ0) is 9.15. The second-order valence-electron chi connectivity index (χ2n) is 4.55. The highest BCUT2D eigenvalue weighted by Crippen LogP contribution is 2.52. The van der Waals surface area contributed by atoms with E-state index in [1.165, 1.54) is 44.3 Å². The van der Waals surface area contributed by atoms with E-state index in [0.717, 1.165) is 11.7 Å². The van der Waals surface area contributed by atoms with Gasteiger partial charge in [0.2, 0.25) is 0 Å². The molecule has 2 heteroatoms. The highest BCUT2D eigenvalue weighted by atomic mass is 32.2. The summed E-state index contributed by atoms with van der Waals surface area (Å²) in [6.07, 6.45) is 9.12. The first-order valence-electron chi connectivity index (χ1n) is 5.33. The Bertz CT molecular complexity index is 209. The molecule has 13 heavy (non-hydrogen) atoms. The predicted octanol–water partition coefficient (Wildman–Crippen LogP) is 3.36. The van der Waals surface area contributed by atoms with Crippen molar-refractivity contribution < 1.29 is 0 Å². The van der Waals surface area contributed by atoms with E-state index in [1.807, 2.05) is 0 Å². The highest BCUT2D eigenvalue weighted by molar-refractivity contribution is 7.99. The average Bonchev–Trinajstić information content (AvgIpc) is 2.71. The van der Waals surface area contributed by atoms with Crippen LogP contribution in [0.4, 0.5) is 0 Å². The molecule has 2 saturated carbocycles. The second kappa shape index (κ2) is 3.92. The van der Waals surface area contributed by atoms with E-state index in [4.69, 9.17) is 5.26 Å². The molecule has 0 heterocycles. The van der Waals surface area contributed by atoms with Crippen molar-refractivity contribution in [2.24, 2.45) is 5.41 Å². The summed E-state index contributed by atoms with van der Waals surface area (Å²) in [5, 5.41) is 9.60. The van der Waals surface area contributed by atoms with Crippen LogP contribution in [0.3, 0.4) is 0 Å². The molecule has 0 atom stereocenters. The first kappa shape index (κ1) is 9.40. The van der Waals surface area contributed by atoms with Gasteiger partial charge in [-0.15, -0.1) is 0 Å². The number of rotatable bonds is 4. The van der Waals surface area contributed by atoms with Crippen molar-refractivity contribution in [2.45, 2.75) is 50.2 Å². The number of nitrogens with zero attached hydrogens (tertiary/aromatic N) is 1. The van der Waals surface area contributed by atoms with Crippen LogP contribution in [0.1, 0.15) is 44.9 Å². The molecule has 0 spiro atoms. The van der Waals surface area contributed by atoms with Crippen molar-refractivity contribution in [1.82, 2.24) is 0 Å². The Morgan fingerprint density at radius 3 is 2.54 bits per heavy atom. The fourth-order valence-corrected chi connectivity index (χ4v) is 3.71. The van der Waals surface area contributed by atoms with Crippen molar-refractivity contribution in [2.75, 3.05) is 5.75 Å². The number of hydrogen-bond donors (Lipinski definition) is 0. The van der Waals surface area contributed by atoms with Gasteiger partial charge in [0.05, 0.1) is 6.07 Å². The minimum atomic E-state index is 0.460. The summed E-state index contributed by atoms with van der Waals surface area (Å²) in [4.78, 5) is 0. The molecule has 0 unspecified atom stereocenters. The van der Waals surface area contributed by atoms with Crippen molar-refractivity contribution in [3.8, 4) is 6.07 Å². The predicted molar refractivity (Wildman–Crippen MR) is 56.6 cm³/mol. The number of hydrogen-bond acceptors (Lipinski definition) is 2. The molecule has 0 amide bonds. The fraction of sp³-hybridized carbons (Fsp3) is 0.909. The maximum absolute atomic E-state index is 8.67. The number of nitriles is 1. The molecule has 2 aliphatic rings. The normalized spacial score (nSPS) is 25.8. The molecule has 2 aliphatic carbocycles. The third kappa shape index (κ3) is 2.40. The summed E-state index contributed by atoms with van der Waals surface area (Å²) in [6.45, 7) is 0. The molecule has 0 aromatic rings. The SMILES string of the molecule is N#CCC1(CSC2CCCC2)CC1. The summed E-state index contributed by atoms with van der Waals surface area (Å²) in [5.74, 6) is 1.26. The van der Waals surface area contributed by atoms with E-state index in [1.54, 1.807) is 0 Å². The lowest BCUT2D eigenvalue weighted by molar-refractivity contribution is 0.602. The van der Waals surface area contributed by atoms with Gasteiger partial charge in [-0.1, -0.05) is 12.8 Å². The Balaban J connectivity index is 1.70.